The van der Waals surface area contributed by atoms with Gasteiger partial charge in [-0.05, 0) is 70.9 Å². The fourth-order valence-corrected chi connectivity index (χ4v) is 5.44. The molecule has 7 rings (SSSR count). The van der Waals surface area contributed by atoms with Gasteiger partial charge < -0.3 is 9.80 Å². The highest BCUT2D eigenvalue weighted by molar-refractivity contribution is 6.42. The highest BCUT2D eigenvalue weighted by Crippen LogP contribution is 2.50. The molecule has 0 aromatic heterocycles. The molecular formula is C33H22N2O2. The molecule has 4 nitrogen and oxygen atoms in total. The molecule has 0 saturated carbocycles. The summed E-state index contributed by atoms with van der Waals surface area (Å²) in [6, 6.07) is 36.1. The minimum atomic E-state index is -0.211. The SMILES string of the molecule is CN1c2ccccc2N(c2ccc(C=C3C(=O)c4cc5ccccc5cc4C3=O)cc2)c2ccccc21. The van der Waals surface area contributed by atoms with Crippen LogP contribution in [-0.2, 0) is 0 Å². The predicted molar refractivity (Wildman–Crippen MR) is 150 cm³/mol. The Bertz CT molecular complexity index is 1680. The molecule has 1 aliphatic carbocycles. The Balaban J connectivity index is 1.27. The average Bonchev–Trinajstić information content (AvgIpc) is 3.17. The van der Waals surface area contributed by atoms with E-state index < -0.39 is 0 Å². The summed E-state index contributed by atoms with van der Waals surface area (Å²) in [4.78, 5) is 30.8. The van der Waals surface area contributed by atoms with Crippen molar-refractivity contribution in [2.45, 2.75) is 0 Å². The molecule has 176 valence electrons. The van der Waals surface area contributed by atoms with Crippen LogP contribution in [0.3, 0.4) is 0 Å². The first-order valence-electron chi connectivity index (χ1n) is 12.3. The maximum absolute atomic E-state index is 13.2. The zero-order valence-electron chi connectivity index (χ0n) is 20.2. The summed E-state index contributed by atoms with van der Waals surface area (Å²) in [5, 5.41) is 1.92. The van der Waals surface area contributed by atoms with Crippen molar-refractivity contribution in [1.82, 2.24) is 0 Å². The maximum Gasteiger partial charge on any atom is 0.197 e. The van der Waals surface area contributed by atoms with Gasteiger partial charge >= 0.3 is 0 Å². The zero-order chi connectivity index (χ0) is 25.1. The van der Waals surface area contributed by atoms with Crippen LogP contribution in [0.25, 0.3) is 16.8 Å². The Morgan fingerprint density at radius 1 is 0.568 bits per heavy atom. The maximum atomic E-state index is 13.2. The normalized spacial score (nSPS) is 14.0. The quantitative estimate of drug-likeness (QED) is 0.191. The van der Waals surface area contributed by atoms with Crippen LogP contribution in [0.15, 0.2) is 115 Å². The largest absolute Gasteiger partial charge is 0.341 e. The van der Waals surface area contributed by atoms with Gasteiger partial charge in [-0.15, -0.1) is 0 Å². The third kappa shape index (κ3) is 3.23. The summed E-state index contributed by atoms with van der Waals surface area (Å²) in [5.41, 5.74) is 7.45. The van der Waals surface area contributed by atoms with Gasteiger partial charge in [-0.3, -0.25) is 9.59 Å². The second-order valence-electron chi connectivity index (χ2n) is 9.42. The Hall–Kier alpha value is -4.96. The van der Waals surface area contributed by atoms with E-state index in [0.717, 1.165) is 44.8 Å². The first kappa shape index (κ1) is 21.3. The lowest BCUT2D eigenvalue weighted by Crippen LogP contribution is -2.23. The molecular weight excluding hydrogens is 456 g/mol. The standard InChI is InChI=1S/C33H22N2O2/c1-34-28-10-4-6-12-30(28)35(31-13-7-5-11-29(31)34)24-16-14-21(15-17-24)18-27-32(36)25-19-22-8-2-3-9-23(22)20-26(25)33(27)37/h2-20H,1H3. The van der Waals surface area contributed by atoms with Gasteiger partial charge in [0.1, 0.15) is 0 Å². The summed E-state index contributed by atoms with van der Waals surface area (Å²) in [6.07, 6.45) is 1.71. The average molecular weight is 479 g/mol. The van der Waals surface area contributed by atoms with Crippen LogP contribution in [0, 0.1) is 0 Å². The van der Waals surface area contributed by atoms with E-state index in [-0.39, 0.29) is 17.1 Å². The first-order valence-corrected chi connectivity index (χ1v) is 12.3. The first-order chi connectivity index (χ1) is 18.1. The van der Waals surface area contributed by atoms with Crippen LogP contribution in [-0.4, -0.2) is 18.6 Å². The van der Waals surface area contributed by atoms with Crippen LogP contribution < -0.4 is 9.80 Å². The fraction of sp³-hybridized carbons (Fsp3) is 0.0303. The van der Waals surface area contributed by atoms with Crippen LogP contribution >= 0.6 is 0 Å². The van der Waals surface area contributed by atoms with E-state index in [4.69, 9.17) is 0 Å². The van der Waals surface area contributed by atoms with Gasteiger partial charge in [0.25, 0.3) is 0 Å². The second-order valence-corrected chi connectivity index (χ2v) is 9.42. The van der Waals surface area contributed by atoms with Gasteiger partial charge in [-0.1, -0.05) is 60.7 Å². The van der Waals surface area contributed by atoms with Crippen molar-refractivity contribution >= 4 is 56.9 Å². The van der Waals surface area contributed by atoms with Crippen molar-refractivity contribution in [1.29, 1.82) is 0 Å². The summed E-state index contributed by atoms with van der Waals surface area (Å²) in [7, 11) is 2.08. The number of anilines is 5. The van der Waals surface area contributed by atoms with E-state index in [2.05, 4.69) is 41.1 Å². The van der Waals surface area contributed by atoms with E-state index in [1.807, 2.05) is 84.9 Å². The molecule has 5 aromatic rings. The predicted octanol–water partition coefficient (Wildman–Crippen LogP) is 7.85. The monoisotopic (exact) mass is 478 g/mol. The minimum absolute atomic E-state index is 0.211. The number of ketones is 2. The summed E-state index contributed by atoms with van der Waals surface area (Å²) < 4.78 is 0. The van der Waals surface area contributed by atoms with Gasteiger partial charge in [0.2, 0.25) is 0 Å². The highest BCUT2D eigenvalue weighted by atomic mass is 16.2. The topological polar surface area (TPSA) is 40.6 Å². The number of benzene rings is 5. The van der Waals surface area contributed by atoms with Gasteiger partial charge in [0.05, 0.1) is 28.3 Å². The Kier molecular flexibility index (Phi) is 4.63. The Morgan fingerprint density at radius 3 is 1.54 bits per heavy atom. The number of rotatable bonds is 2. The van der Waals surface area contributed by atoms with Crippen LogP contribution in [0.2, 0.25) is 0 Å². The van der Waals surface area contributed by atoms with E-state index in [1.165, 1.54) is 0 Å². The lowest BCUT2D eigenvalue weighted by Gasteiger charge is -2.38. The number of carbonyl (C=O) groups is 2. The van der Waals surface area contributed by atoms with Crippen LogP contribution in [0.1, 0.15) is 26.3 Å². The molecule has 0 amide bonds. The van der Waals surface area contributed by atoms with E-state index in [9.17, 15) is 9.59 Å². The van der Waals surface area contributed by atoms with Crippen molar-refractivity contribution in [2.24, 2.45) is 0 Å². The molecule has 4 heteroatoms. The number of hydrogen-bond donors (Lipinski definition) is 0. The smallest absolute Gasteiger partial charge is 0.197 e. The van der Waals surface area contributed by atoms with Crippen molar-refractivity contribution in [3.8, 4) is 0 Å². The number of allylic oxidation sites excluding steroid dienone is 1. The van der Waals surface area contributed by atoms with Gasteiger partial charge in [0, 0.05) is 23.9 Å². The summed E-state index contributed by atoms with van der Waals surface area (Å²) in [5.74, 6) is -0.423. The summed E-state index contributed by atoms with van der Waals surface area (Å²) >= 11 is 0. The van der Waals surface area contributed by atoms with Crippen molar-refractivity contribution in [2.75, 3.05) is 16.8 Å². The number of nitrogens with zero attached hydrogens (tertiary/aromatic N) is 2. The number of para-hydroxylation sites is 4. The molecule has 37 heavy (non-hydrogen) atoms. The van der Waals surface area contributed by atoms with Gasteiger partial charge in [0.15, 0.2) is 11.6 Å². The Morgan fingerprint density at radius 2 is 1.03 bits per heavy atom. The third-order valence-corrected chi connectivity index (χ3v) is 7.29. The van der Waals surface area contributed by atoms with Crippen molar-refractivity contribution in [3.63, 3.8) is 0 Å². The molecule has 1 aliphatic heterocycles. The molecule has 0 spiro atoms. The third-order valence-electron chi connectivity index (χ3n) is 7.29. The molecule has 0 N–H and O–H groups in total. The molecule has 5 aromatic carbocycles. The number of Topliss-reactive ketones (excluding diaryl/α,β-unsaturated/α-hetero) is 2. The van der Waals surface area contributed by atoms with Crippen LogP contribution in [0.5, 0.6) is 0 Å². The van der Waals surface area contributed by atoms with E-state index in [0.29, 0.717) is 11.1 Å². The van der Waals surface area contributed by atoms with E-state index >= 15 is 0 Å². The molecule has 0 unspecified atom stereocenters. The molecule has 0 saturated heterocycles. The highest BCUT2D eigenvalue weighted by Gasteiger charge is 2.33. The molecule has 2 aliphatic rings. The number of carbonyl (C=O) groups excluding carboxylic acids is 2. The van der Waals surface area contributed by atoms with Crippen molar-refractivity contribution < 1.29 is 9.59 Å². The Labute approximate surface area is 214 Å². The fourth-order valence-electron chi connectivity index (χ4n) is 5.44. The molecule has 1 heterocycles. The number of hydrogen-bond acceptors (Lipinski definition) is 4. The number of fused-ring (bicyclic) bond motifs is 4. The lowest BCUT2D eigenvalue weighted by molar-refractivity contribution is 0.0990. The van der Waals surface area contributed by atoms with E-state index in [1.54, 1.807) is 6.08 Å². The van der Waals surface area contributed by atoms with Crippen molar-refractivity contribution in [3.05, 3.63) is 131 Å². The molecule has 0 atom stereocenters. The van der Waals surface area contributed by atoms with Gasteiger partial charge in [-0.2, -0.15) is 0 Å². The molecule has 0 radical (unpaired) electrons. The molecule has 0 fully saturated rings. The second kappa shape index (κ2) is 8.04. The molecule has 0 bridgehead atoms. The van der Waals surface area contributed by atoms with Gasteiger partial charge in [-0.25, -0.2) is 0 Å². The lowest BCUT2D eigenvalue weighted by atomic mass is 10.0. The summed E-state index contributed by atoms with van der Waals surface area (Å²) in [6.45, 7) is 0. The minimum Gasteiger partial charge on any atom is -0.341 e. The van der Waals surface area contributed by atoms with Crippen LogP contribution in [0.4, 0.5) is 28.4 Å². The zero-order valence-corrected chi connectivity index (χ0v) is 20.2.